The fourth-order valence-electron chi connectivity index (χ4n) is 4.62. The van der Waals surface area contributed by atoms with Crippen molar-refractivity contribution in [3.63, 3.8) is 0 Å². The molecule has 0 atom stereocenters. The first kappa shape index (κ1) is 24.6. The predicted octanol–water partition coefficient (Wildman–Crippen LogP) is 4.83. The van der Waals surface area contributed by atoms with Gasteiger partial charge in [0.25, 0.3) is 0 Å². The molecule has 0 spiro atoms. The number of carbonyl (C=O) groups excluding carboxylic acids is 1. The summed E-state index contributed by atoms with van der Waals surface area (Å²) in [6.45, 7) is 3.86. The van der Waals surface area contributed by atoms with Crippen LogP contribution in [0, 0.1) is 0 Å². The van der Waals surface area contributed by atoms with Crippen LogP contribution < -0.4 is 19.5 Å². The van der Waals surface area contributed by atoms with Crippen molar-refractivity contribution in [3.8, 4) is 28.4 Å². The molecule has 0 unspecified atom stereocenters. The first-order valence-electron chi connectivity index (χ1n) is 12.1. The predicted molar refractivity (Wildman–Crippen MR) is 138 cm³/mol. The third kappa shape index (κ3) is 6.14. The number of methoxy groups -OCH3 is 3. The van der Waals surface area contributed by atoms with Crippen LogP contribution in [-0.4, -0.2) is 45.2 Å². The zero-order valence-corrected chi connectivity index (χ0v) is 20.8. The highest BCUT2D eigenvalue weighted by Crippen LogP contribution is 2.38. The van der Waals surface area contributed by atoms with Crippen molar-refractivity contribution in [1.29, 1.82) is 0 Å². The summed E-state index contributed by atoms with van der Waals surface area (Å²) in [7, 11) is 4.69. The van der Waals surface area contributed by atoms with Crippen LogP contribution in [0.4, 0.5) is 0 Å². The Morgan fingerprint density at radius 3 is 2.14 bits per heavy atom. The number of benzene rings is 3. The van der Waals surface area contributed by atoms with Gasteiger partial charge in [-0.15, -0.1) is 0 Å². The van der Waals surface area contributed by atoms with Gasteiger partial charge in [-0.1, -0.05) is 48.5 Å². The molecule has 4 rings (SSSR count). The number of amides is 1. The third-order valence-corrected chi connectivity index (χ3v) is 6.45. The van der Waals surface area contributed by atoms with E-state index in [1.54, 1.807) is 33.5 Å². The molecule has 3 aromatic carbocycles. The Morgan fingerprint density at radius 1 is 0.857 bits per heavy atom. The molecule has 1 N–H and O–H groups in total. The van der Waals surface area contributed by atoms with Gasteiger partial charge in [0.1, 0.15) is 0 Å². The summed E-state index contributed by atoms with van der Waals surface area (Å²) in [6, 6.07) is 20.6. The van der Waals surface area contributed by atoms with E-state index in [1.165, 1.54) is 31.5 Å². The maximum atomic E-state index is 12.8. The molecule has 0 bridgehead atoms. The Bertz CT molecular complexity index is 1110. The SMILES string of the molecule is COc1cc(CC(=O)NCc2ccccc2-c2ccc(CN3CCCC3)cc2)cc(OC)c1OC. The Labute approximate surface area is 207 Å². The molecular formula is C29H34N2O4. The zero-order chi connectivity index (χ0) is 24.6. The summed E-state index contributed by atoms with van der Waals surface area (Å²) in [5.74, 6) is 1.51. The molecule has 0 saturated carbocycles. The standard InChI is InChI=1S/C29H34N2O4/c1-33-26-16-22(17-27(34-2)29(26)35-3)18-28(32)30-19-24-8-4-5-9-25(24)23-12-10-21(11-13-23)20-31-14-6-7-15-31/h4-5,8-13,16-17H,6-7,14-15,18-20H2,1-3H3,(H,30,32). The Kier molecular flexibility index (Phi) is 8.27. The minimum absolute atomic E-state index is 0.0740. The maximum absolute atomic E-state index is 12.8. The topological polar surface area (TPSA) is 60.0 Å². The minimum atomic E-state index is -0.0740. The highest BCUT2D eigenvalue weighted by molar-refractivity contribution is 5.79. The third-order valence-electron chi connectivity index (χ3n) is 6.45. The molecule has 1 aliphatic rings. The molecule has 1 fully saturated rings. The molecule has 0 aromatic heterocycles. The van der Waals surface area contributed by atoms with Gasteiger partial charge < -0.3 is 19.5 Å². The van der Waals surface area contributed by atoms with Crippen molar-refractivity contribution >= 4 is 5.91 Å². The van der Waals surface area contributed by atoms with Crippen LogP contribution in [0.1, 0.15) is 29.5 Å². The van der Waals surface area contributed by atoms with Crippen molar-refractivity contribution in [1.82, 2.24) is 10.2 Å². The number of likely N-dealkylation sites (tertiary alicyclic amines) is 1. The van der Waals surface area contributed by atoms with E-state index < -0.39 is 0 Å². The molecule has 0 aliphatic carbocycles. The summed E-state index contributed by atoms with van der Waals surface area (Å²) >= 11 is 0. The molecule has 35 heavy (non-hydrogen) atoms. The fourth-order valence-corrected chi connectivity index (χ4v) is 4.62. The smallest absolute Gasteiger partial charge is 0.224 e. The zero-order valence-electron chi connectivity index (χ0n) is 20.8. The van der Waals surface area contributed by atoms with Crippen LogP contribution >= 0.6 is 0 Å². The van der Waals surface area contributed by atoms with Crippen LogP contribution in [0.5, 0.6) is 17.2 Å². The molecule has 1 heterocycles. The molecule has 0 radical (unpaired) electrons. The lowest BCUT2D eigenvalue weighted by Gasteiger charge is -2.16. The molecule has 1 amide bonds. The van der Waals surface area contributed by atoms with E-state index in [9.17, 15) is 4.79 Å². The van der Waals surface area contributed by atoms with E-state index in [-0.39, 0.29) is 12.3 Å². The number of nitrogens with zero attached hydrogens (tertiary/aromatic N) is 1. The first-order chi connectivity index (χ1) is 17.1. The lowest BCUT2D eigenvalue weighted by Crippen LogP contribution is -2.24. The first-order valence-corrected chi connectivity index (χ1v) is 12.1. The Balaban J connectivity index is 1.41. The Hall–Kier alpha value is -3.51. The largest absolute Gasteiger partial charge is 0.493 e. The number of carbonyl (C=O) groups is 1. The van der Waals surface area contributed by atoms with E-state index in [0.717, 1.165) is 28.8 Å². The van der Waals surface area contributed by atoms with E-state index >= 15 is 0 Å². The van der Waals surface area contributed by atoms with Gasteiger partial charge in [0.05, 0.1) is 27.8 Å². The van der Waals surface area contributed by atoms with E-state index in [1.807, 2.05) is 12.1 Å². The average molecular weight is 475 g/mol. The number of hydrogen-bond acceptors (Lipinski definition) is 5. The van der Waals surface area contributed by atoms with E-state index in [4.69, 9.17) is 14.2 Å². The molecule has 184 valence electrons. The monoisotopic (exact) mass is 474 g/mol. The van der Waals surface area contributed by atoms with Crippen molar-refractivity contribution in [2.75, 3.05) is 34.4 Å². The van der Waals surface area contributed by atoms with E-state index in [0.29, 0.717) is 23.8 Å². The highest BCUT2D eigenvalue weighted by atomic mass is 16.5. The maximum Gasteiger partial charge on any atom is 0.224 e. The average Bonchev–Trinajstić information content (AvgIpc) is 3.40. The Morgan fingerprint density at radius 2 is 1.51 bits per heavy atom. The number of ether oxygens (including phenoxy) is 3. The second-order valence-electron chi connectivity index (χ2n) is 8.82. The number of rotatable bonds is 10. The van der Waals surface area contributed by atoms with Crippen LogP contribution in [-0.2, 0) is 24.3 Å². The normalized spacial score (nSPS) is 13.5. The number of hydrogen-bond donors (Lipinski definition) is 1. The second kappa shape index (κ2) is 11.8. The van der Waals surface area contributed by atoms with Crippen LogP contribution in [0.3, 0.4) is 0 Å². The van der Waals surface area contributed by atoms with Gasteiger partial charge in [0.2, 0.25) is 11.7 Å². The summed E-state index contributed by atoms with van der Waals surface area (Å²) in [5.41, 5.74) is 5.50. The van der Waals surface area contributed by atoms with E-state index in [2.05, 4.69) is 46.6 Å². The molecular weight excluding hydrogens is 440 g/mol. The molecule has 3 aromatic rings. The quantitative estimate of drug-likeness (QED) is 0.456. The van der Waals surface area contributed by atoms with Crippen molar-refractivity contribution < 1.29 is 19.0 Å². The summed E-state index contributed by atoms with van der Waals surface area (Å²) < 4.78 is 16.2. The second-order valence-corrected chi connectivity index (χ2v) is 8.82. The summed E-state index contributed by atoms with van der Waals surface area (Å²) in [4.78, 5) is 15.3. The summed E-state index contributed by atoms with van der Waals surface area (Å²) in [5, 5.41) is 3.06. The van der Waals surface area contributed by atoms with Crippen molar-refractivity contribution in [2.45, 2.75) is 32.4 Å². The lowest BCUT2D eigenvalue weighted by atomic mass is 9.98. The van der Waals surface area contributed by atoms with Gasteiger partial charge in [0, 0.05) is 13.1 Å². The van der Waals surface area contributed by atoms with Gasteiger partial charge >= 0.3 is 0 Å². The van der Waals surface area contributed by atoms with Gasteiger partial charge in [-0.25, -0.2) is 0 Å². The van der Waals surface area contributed by atoms with Crippen molar-refractivity contribution in [2.24, 2.45) is 0 Å². The van der Waals surface area contributed by atoms with Gasteiger partial charge in [-0.3, -0.25) is 9.69 Å². The molecule has 6 heteroatoms. The van der Waals surface area contributed by atoms with Crippen LogP contribution in [0.25, 0.3) is 11.1 Å². The van der Waals surface area contributed by atoms with Gasteiger partial charge in [-0.2, -0.15) is 0 Å². The van der Waals surface area contributed by atoms with Gasteiger partial charge in [0.15, 0.2) is 11.5 Å². The minimum Gasteiger partial charge on any atom is -0.493 e. The molecule has 6 nitrogen and oxygen atoms in total. The van der Waals surface area contributed by atoms with Gasteiger partial charge in [-0.05, 0) is 65.9 Å². The number of nitrogens with one attached hydrogen (secondary N) is 1. The molecule has 1 aliphatic heterocycles. The van der Waals surface area contributed by atoms with Crippen molar-refractivity contribution in [3.05, 3.63) is 77.4 Å². The highest BCUT2D eigenvalue weighted by Gasteiger charge is 2.16. The van der Waals surface area contributed by atoms with Crippen LogP contribution in [0.15, 0.2) is 60.7 Å². The lowest BCUT2D eigenvalue weighted by molar-refractivity contribution is -0.120. The fraction of sp³-hybridized carbons (Fsp3) is 0.345. The summed E-state index contributed by atoms with van der Waals surface area (Å²) in [6.07, 6.45) is 2.82. The molecule has 1 saturated heterocycles. The van der Waals surface area contributed by atoms with Crippen LogP contribution in [0.2, 0.25) is 0 Å².